The zero-order valence-electron chi connectivity index (χ0n) is 20.0. The molecule has 1 unspecified atom stereocenters. The summed E-state index contributed by atoms with van der Waals surface area (Å²) in [7, 11) is 2.89. The van der Waals surface area contributed by atoms with Crippen LogP contribution < -0.4 is 15.6 Å². The van der Waals surface area contributed by atoms with E-state index in [2.05, 4.69) is 10.3 Å². The number of esters is 1. The van der Waals surface area contributed by atoms with Gasteiger partial charge in [-0.05, 0) is 37.1 Å². The summed E-state index contributed by atoms with van der Waals surface area (Å²) < 4.78 is 11.7. The van der Waals surface area contributed by atoms with E-state index in [-0.39, 0.29) is 29.2 Å². The number of benzene rings is 2. The van der Waals surface area contributed by atoms with Crippen molar-refractivity contribution < 1.29 is 19.1 Å². The number of para-hydroxylation sites is 1. The Kier molecular flexibility index (Phi) is 8.33. The number of aromatic nitrogens is 2. The predicted octanol–water partition coefficient (Wildman–Crippen LogP) is 3.82. The van der Waals surface area contributed by atoms with Gasteiger partial charge in [0.1, 0.15) is 5.75 Å². The number of nitrogens with zero attached hydrogens (tertiary/aromatic N) is 2. The molecule has 1 aromatic heterocycles. The number of nitrogens with one attached hydrogen (secondary N) is 1. The van der Waals surface area contributed by atoms with Crippen molar-refractivity contribution in [2.45, 2.75) is 38.5 Å². The van der Waals surface area contributed by atoms with Crippen LogP contribution in [-0.4, -0.2) is 41.4 Å². The van der Waals surface area contributed by atoms with E-state index in [1.807, 2.05) is 45.0 Å². The lowest BCUT2D eigenvalue weighted by molar-refractivity contribution is -0.119. The molecule has 3 rings (SSSR count). The van der Waals surface area contributed by atoms with E-state index in [9.17, 15) is 14.4 Å². The number of thioether (sulfide) groups is 1. The molecule has 34 heavy (non-hydrogen) atoms. The molecular weight excluding hydrogens is 454 g/mol. The number of methoxy groups -OCH3 is 2. The molecule has 0 spiro atoms. The van der Waals surface area contributed by atoms with Gasteiger partial charge in [-0.15, -0.1) is 0 Å². The molecule has 0 radical (unpaired) electrons. The maximum absolute atomic E-state index is 13.2. The predicted molar refractivity (Wildman–Crippen MR) is 132 cm³/mol. The Labute approximate surface area is 202 Å². The first-order valence-electron chi connectivity index (χ1n) is 10.9. The monoisotopic (exact) mass is 483 g/mol. The van der Waals surface area contributed by atoms with Crippen LogP contribution in [0.2, 0.25) is 0 Å². The third kappa shape index (κ3) is 5.77. The molecular formula is C25H29N3O5S. The second-order valence-electron chi connectivity index (χ2n) is 8.25. The molecule has 0 saturated heterocycles. The van der Waals surface area contributed by atoms with Gasteiger partial charge in [0, 0.05) is 12.1 Å². The molecule has 0 aliphatic carbocycles. The van der Waals surface area contributed by atoms with Crippen molar-refractivity contribution in [2.75, 3.05) is 20.0 Å². The van der Waals surface area contributed by atoms with Crippen LogP contribution in [0.25, 0.3) is 10.9 Å². The summed E-state index contributed by atoms with van der Waals surface area (Å²) in [5.74, 6) is 0.272. The first kappa shape index (κ1) is 25.3. The molecule has 1 heterocycles. The number of amides is 1. The highest BCUT2D eigenvalue weighted by molar-refractivity contribution is 7.99. The Hall–Kier alpha value is -3.33. The normalized spacial score (nSPS) is 11.9. The summed E-state index contributed by atoms with van der Waals surface area (Å²) in [5, 5.41) is 3.80. The molecule has 1 amide bonds. The fraction of sp³-hybridized carbons (Fsp3) is 0.360. The number of fused-ring (bicyclic) bond motifs is 1. The molecule has 0 saturated carbocycles. The summed E-state index contributed by atoms with van der Waals surface area (Å²) in [4.78, 5) is 42.4. The van der Waals surface area contributed by atoms with Gasteiger partial charge in [-0.2, -0.15) is 0 Å². The number of hydrogen-bond donors (Lipinski definition) is 1. The SMILES string of the molecule is COC(=O)c1ccc2c(=O)n(CC(C)C)c(SCC(=O)NC(C)c3ccccc3OC)nc2c1. The molecule has 9 heteroatoms. The summed E-state index contributed by atoms with van der Waals surface area (Å²) in [6.07, 6.45) is 0. The highest BCUT2D eigenvalue weighted by Crippen LogP contribution is 2.25. The molecule has 8 nitrogen and oxygen atoms in total. The van der Waals surface area contributed by atoms with Gasteiger partial charge in [0.05, 0.1) is 42.5 Å². The van der Waals surface area contributed by atoms with Crippen LogP contribution in [0.1, 0.15) is 42.7 Å². The first-order valence-corrected chi connectivity index (χ1v) is 11.9. The van der Waals surface area contributed by atoms with Gasteiger partial charge in [0.15, 0.2) is 5.16 Å². The lowest BCUT2D eigenvalue weighted by Gasteiger charge is -2.18. The fourth-order valence-electron chi connectivity index (χ4n) is 3.60. The van der Waals surface area contributed by atoms with Gasteiger partial charge in [-0.1, -0.05) is 43.8 Å². The van der Waals surface area contributed by atoms with E-state index in [0.29, 0.717) is 33.9 Å². The van der Waals surface area contributed by atoms with Gasteiger partial charge < -0.3 is 14.8 Å². The van der Waals surface area contributed by atoms with Gasteiger partial charge in [0.2, 0.25) is 5.91 Å². The number of ether oxygens (including phenoxy) is 2. The molecule has 1 N–H and O–H groups in total. The minimum absolute atomic E-state index is 0.0756. The van der Waals surface area contributed by atoms with Crippen LogP contribution in [0.5, 0.6) is 5.75 Å². The lowest BCUT2D eigenvalue weighted by Crippen LogP contribution is -2.29. The highest BCUT2D eigenvalue weighted by atomic mass is 32.2. The number of carbonyl (C=O) groups excluding carboxylic acids is 2. The molecule has 2 aromatic carbocycles. The summed E-state index contributed by atoms with van der Waals surface area (Å²) in [5.41, 5.74) is 1.36. The third-order valence-corrected chi connectivity index (χ3v) is 6.18. The number of rotatable bonds is 9. The minimum atomic E-state index is -0.506. The van der Waals surface area contributed by atoms with Crippen LogP contribution in [0.4, 0.5) is 0 Å². The fourth-order valence-corrected chi connectivity index (χ4v) is 4.42. The van der Waals surface area contributed by atoms with E-state index >= 15 is 0 Å². The maximum Gasteiger partial charge on any atom is 0.337 e. The molecule has 0 aliphatic rings. The average molecular weight is 484 g/mol. The zero-order chi connectivity index (χ0) is 24.8. The van der Waals surface area contributed by atoms with Crippen LogP contribution in [0, 0.1) is 5.92 Å². The smallest absolute Gasteiger partial charge is 0.337 e. The van der Waals surface area contributed by atoms with Crippen molar-refractivity contribution in [3.8, 4) is 5.75 Å². The Morgan fingerprint density at radius 1 is 1.12 bits per heavy atom. The van der Waals surface area contributed by atoms with Crippen molar-refractivity contribution in [1.82, 2.24) is 14.9 Å². The molecule has 0 fully saturated rings. The Morgan fingerprint density at radius 2 is 1.85 bits per heavy atom. The molecule has 3 aromatic rings. The zero-order valence-corrected chi connectivity index (χ0v) is 20.8. The summed E-state index contributed by atoms with van der Waals surface area (Å²) >= 11 is 1.19. The van der Waals surface area contributed by atoms with Crippen molar-refractivity contribution in [2.24, 2.45) is 5.92 Å². The molecule has 180 valence electrons. The van der Waals surface area contributed by atoms with E-state index in [4.69, 9.17) is 9.47 Å². The summed E-state index contributed by atoms with van der Waals surface area (Å²) in [6.45, 7) is 6.36. The van der Waals surface area contributed by atoms with E-state index in [0.717, 1.165) is 5.56 Å². The maximum atomic E-state index is 13.2. The van der Waals surface area contributed by atoms with E-state index in [1.54, 1.807) is 23.8 Å². The Bertz CT molecular complexity index is 1260. The minimum Gasteiger partial charge on any atom is -0.496 e. The van der Waals surface area contributed by atoms with Crippen LogP contribution >= 0.6 is 11.8 Å². The van der Waals surface area contributed by atoms with Gasteiger partial charge in [-0.3, -0.25) is 14.2 Å². The van der Waals surface area contributed by atoms with Gasteiger partial charge in [0.25, 0.3) is 5.56 Å². The Balaban J connectivity index is 1.86. The first-order chi connectivity index (χ1) is 16.2. The number of hydrogen-bond acceptors (Lipinski definition) is 7. The van der Waals surface area contributed by atoms with E-state index in [1.165, 1.54) is 24.9 Å². The average Bonchev–Trinajstić information content (AvgIpc) is 2.83. The second-order valence-corrected chi connectivity index (χ2v) is 9.19. The highest BCUT2D eigenvalue weighted by Gasteiger charge is 2.18. The van der Waals surface area contributed by atoms with Crippen LogP contribution in [-0.2, 0) is 16.1 Å². The quantitative estimate of drug-likeness (QED) is 0.281. The largest absolute Gasteiger partial charge is 0.496 e. The molecule has 0 aliphatic heterocycles. The Morgan fingerprint density at radius 3 is 2.53 bits per heavy atom. The summed E-state index contributed by atoms with van der Waals surface area (Å²) in [6, 6.07) is 11.9. The van der Waals surface area contributed by atoms with Crippen molar-refractivity contribution in [3.63, 3.8) is 0 Å². The second kappa shape index (κ2) is 11.2. The third-order valence-electron chi connectivity index (χ3n) is 5.20. The van der Waals surface area contributed by atoms with Crippen LogP contribution in [0.15, 0.2) is 52.4 Å². The van der Waals surface area contributed by atoms with Crippen molar-refractivity contribution in [3.05, 3.63) is 63.9 Å². The van der Waals surface area contributed by atoms with Gasteiger partial charge >= 0.3 is 5.97 Å². The van der Waals surface area contributed by atoms with Crippen LogP contribution in [0.3, 0.4) is 0 Å². The van der Waals surface area contributed by atoms with Gasteiger partial charge in [-0.25, -0.2) is 9.78 Å². The standard InChI is InChI=1S/C25H29N3O5S/c1-15(2)13-28-23(30)19-11-10-17(24(31)33-5)12-20(19)27-25(28)34-14-22(29)26-16(3)18-8-6-7-9-21(18)32-4/h6-12,15-16H,13-14H2,1-5H3,(H,26,29). The van der Waals surface area contributed by atoms with E-state index < -0.39 is 5.97 Å². The molecule has 0 bridgehead atoms. The topological polar surface area (TPSA) is 99.5 Å². The molecule has 1 atom stereocenters. The van der Waals surface area contributed by atoms with Crippen molar-refractivity contribution >= 4 is 34.5 Å². The lowest BCUT2D eigenvalue weighted by atomic mass is 10.1. The van der Waals surface area contributed by atoms with Crippen molar-refractivity contribution in [1.29, 1.82) is 0 Å². The number of carbonyl (C=O) groups is 2.